The number of nitrogens with one attached hydrogen (secondary N) is 4. The van der Waals surface area contributed by atoms with Crippen LogP contribution in [0.1, 0.15) is 17.7 Å². The van der Waals surface area contributed by atoms with Gasteiger partial charge in [0.1, 0.15) is 11.5 Å². The molecule has 136 valence electrons. The minimum absolute atomic E-state index is 0.169. The molecule has 0 unspecified atom stereocenters. The summed E-state index contributed by atoms with van der Waals surface area (Å²) >= 11 is 0. The highest BCUT2D eigenvalue weighted by molar-refractivity contribution is 5.92. The van der Waals surface area contributed by atoms with Gasteiger partial charge >= 0.3 is 6.03 Å². The molecule has 0 aliphatic carbocycles. The van der Waals surface area contributed by atoms with Crippen molar-refractivity contribution in [2.45, 2.75) is 20.3 Å². The molecule has 0 fully saturated rings. The minimum Gasteiger partial charge on any atom is -0.369 e. The van der Waals surface area contributed by atoms with Crippen LogP contribution in [0, 0.1) is 13.8 Å². The third kappa shape index (κ3) is 3.77. The van der Waals surface area contributed by atoms with Gasteiger partial charge in [-0.05, 0) is 25.8 Å². The average molecular weight is 352 g/mol. The van der Waals surface area contributed by atoms with Crippen molar-refractivity contribution in [2.75, 3.05) is 25.5 Å². The fraction of sp³-hybridized carbons (Fsp3) is 0.316. The van der Waals surface area contributed by atoms with E-state index in [1.54, 1.807) is 7.05 Å². The summed E-state index contributed by atoms with van der Waals surface area (Å²) in [5.74, 6) is 1.50. The molecular weight excluding hydrogens is 328 g/mol. The molecule has 0 radical (unpaired) electrons. The number of aryl methyl sites for hydroxylation is 2. The van der Waals surface area contributed by atoms with Crippen LogP contribution in [0.2, 0.25) is 0 Å². The number of nitrogens with zero attached hydrogens (tertiary/aromatic N) is 2. The number of urea groups is 1. The molecule has 0 saturated heterocycles. The Morgan fingerprint density at radius 2 is 1.88 bits per heavy atom. The number of carbonyl (C=O) groups excluding carboxylic acids is 1. The summed E-state index contributed by atoms with van der Waals surface area (Å²) in [5.41, 5.74) is 4.04. The van der Waals surface area contributed by atoms with Crippen LogP contribution in [0.3, 0.4) is 0 Å². The molecule has 7 heteroatoms. The number of hydrogen-bond acceptors (Lipinski definition) is 4. The fourth-order valence-electron chi connectivity index (χ4n) is 2.79. The lowest BCUT2D eigenvalue weighted by molar-refractivity contribution is 0.243. The van der Waals surface area contributed by atoms with Gasteiger partial charge in [0.15, 0.2) is 5.82 Å². The topological polar surface area (TPSA) is 94.7 Å². The first-order valence-electron chi connectivity index (χ1n) is 8.72. The molecule has 3 rings (SSSR count). The number of aromatic nitrogens is 3. The Bertz CT molecular complexity index is 903. The first-order chi connectivity index (χ1) is 12.6. The Morgan fingerprint density at radius 1 is 1.12 bits per heavy atom. The van der Waals surface area contributed by atoms with E-state index in [0.29, 0.717) is 18.9 Å². The summed E-state index contributed by atoms with van der Waals surface area (Å²) < 4.78 is 0. The van der Waals surface area contributed by atoms with E-state index in [0.717, 1.165) is 40.1 Å². The van der Waals surface area contributed by atoms with Crippen LogP contribution in [-0.2, 0) is 0 Å². The lowest BCUT2D eigenvalue weighted by Gasteiger charge is -2.10. The van der Waals surface area contributed by atoms with Gasteiger partial charge in [0.2, 0.25) is 0 Å². The van der Waals surface area contributed by atoms with E-state index in [9.17, 15) is 4.79 Å². The summed E-state index contributed by atoms with van der Waals surface area (Å²) in [6.07, 6.45) is 0.794. The molecule has 2 amide bonds. The van der Waals surface area contributed by atoms with E-state index in [4.69, 9.17) is 9.97 Å². The van der Waals surface area contributed by atoms with E-state index in [1.165, 1.54) is 0 Å². The summed E-state index contributed by atoms with van der Waals surface area (Å²) in [7, 11) is 1.60. The zero-order chi connectivity index (χ0) is 18.5. The number of fused-ring (bicyclic) bond motifs is 1. The molecular formula is C19H24N6O. The largest absolute Gasteiger partial charge is 0.369 e. The predicted octanol–water partition coefficient (Wildman–Crippen LogP) is 2.97. The van der Waals surface area contributed by atoms with Gasteiger partial charge in [0.05, 0.1) is 5.39 Å². The smallest absolute Gasteiger partial charge is 0.314 e. The Hall–Kier alpha value is -3.09. The molecule has 0 aliphatic heterocycles. The van der Waals surface area contributed by atoms with Crippen molar-refractivity contribution in [3.63, 3.8) is 0 Å². The molecule has 4 N–H and O–H groups in total. The molecule has 0 bridgehead atoms. The molecule has 7 nitrogen and oxygen atoms in total. The monoisotopic (exact) mass is 352 g/mol. The first-order valence-corrected chi connectivity index (χ1v) is 8.72. The van der Waals surface area contributed by atoms with Gasteiger partial charge in [-0.2, -0.15) is 0 Å². The van der Waals surface area contributed by atoms with Gasteiger partial charge in [-0.3, -0.25) is 0 Å². The molecule has 0 spiro atoms. The number of anilines is 1. The molecule has 2 heterocycles. The van der Waals surface area contributed by atoms with E-state index in [1.807, 2.05) is 37.3 Å². The van der Waals surface area contributed by atoms with Crippen molar-refractivity contribution in [1.29, 1.82) is 0 Å². The fourth-order valence-corrected chi connectivity index (χ4v) is 2.79. The van der Waals surface area contributed by atoms with E-state index in [2.05, 4.69) is 27.9 Å². The molecule has 26 heavy (non-hydrogen) atoms. The minimum atomic E-state index is -0.169. The van der Waals surface area contributed by atoms with Gasteiger partial charge in [-0.15, -0.1) is 0 Å². The van der Waals surface area contributed by atoms with Crippen LogP contribution in [0.25, 0.3) is 22.4 Å². The highest BCUT2D eigenvalue weighted by Crippen LogP contribution is 2.29. The zero-order valence-electron chi connectivity index (χ0n) is 15.3. The second-order valence-electron chi connectivity index (χ2n) is 6.15. The molecule has 3 aromatic rings. The standard InChI is InChI=1S/C19H24N6O/c1-12-13(2)23-18-15(12)17(21-10-7-11-22-19(26)20-3)24-16(25-18)14-8-5-4-6-9-14/h4-6,8-9H,7,10-11H2,1-3H3,(H2,20,22,26)(H2,21,23,24,25). The Labute approximate surface area is 152 Å². The molecule has 0 saturated carbocycles. The number of rotatable bonds is 6. The number of hydrogen-bond donors (Lipinski definition) is 4. The molecule has 0 aliphatic rings. The second-order valence-corrected chi connectivity index (χ2v) is 6.15. The van der Waals surface area contributed by atoms with E-state index >= 15 is 0 Å². The highest BCUT2D eigenvalue weighted by atomic mass is 16.2. The maximum atomic E-state index is 11.2. The van der Waals surface area contributed by atoms with Crippen molar-refractivity contribution in [1.82, 2.24) is 25.6 Å². The van der Waals surface area contributed by atoms with Gasteiger partial charge in [-0.25, -0.2) is 14.8 Å². The van der Waals surface area contributed by atoms with Crippen LogP contribution in [0.4, 0.5) is 10.6 Å². The number of carbonyl (C=O) groups is 1. The normalized spacial score (nSPS) is 10.7. The number of benzene rings is 1. The van der Waals surface area contributed by atoms with Crippen molar-refractivity contribution in [3.05, 3.63) is 41.6 Å². The molecule has 2 aromatic heterocycles. The molecule has 1 aromatic carbocycles. The number of H-pyrrole nitrogens is 1. The van der Waals surface area contributed by atoms with Crippen LogP contribution >= 0.6 is 0 Å². The summed E-state index contributed by atoms with van der Waals surface area (Å²) in [6.45, 7) is 5.40. The Kier molecular flexibility index (Phi) is 5.36. The van der Waals surface area contributed by atoms with Crippen LogP contribution < -0.4 is 16.0 Å². The van der Waals surface area contributed by atoms with Crippen molar-refractivity contribution < 1.29 is 4.79 Å². The lowest BCUT2D eigenvalue weighted by atomic mass is 10.2. The van der Waals surface area contributed by atoms with Gasteiger partial charge in [0.25, 0.3) is 0 Å². The molecule has 0 atom stereocenters. The predicted molar refractivity (Wildman–Crippen MR) is 104 cm³/mol. The van der Waals surface area contributed by atoms with Gasteiger partial charge < -0.3 is 20.9 Å². The average Bonchev–Trinajstić information content (AvgIpc) is 2.95. The summed E-state index contributed by atoms with van der Waals surface area (Å²) in [4.78, 5) is 24.0. The quantitative estimate of drug-likeness (QED) is 0.513. The summed E-state index contributed by atoms with van der Waals surface area (Å²) in [6, 6.07) is 9.76. The van der Waals surface area contributed by atoms with Gasteiger partial charge in [0, 0.05) is 31.4 Å². The summed E-state index contributed by atoms with van der Waals surface area (Å²) in [5, 5.41) is 9.73. The Morgan fingerprint density at radius 3 is 2.62 bits per heavy atom. The SMILES string of the molecule is CNC(=O)NCCCNc1nc(-c2ccccc2)nc2[nH]c(C)c(C)c12. The number of amides is 2. The highest BCUT2D eigenvalue weighted by Gasteiger charge is 2.14. The lowest BCUT2D eigenvalue weighted by Crippen LogP contribution is -2.33. The maximum Gasteiger partial charge on any atom is 0.314 e. The second kappa shape index (κ2) is 7.86. The zero-order valence-corrected chi connectivity index (χ0v) is 15.3. The van der Waals surface area contributed by atoms with Crippen LogP contribution in [0.5, 0.6) is 0 Å². The third-order valence-corrected chi connectivity index (χ3v) is 4.34. The number of aromatic amines is 1. The van der Waals surface area contributed by atoms with Crippen molar-refractivity contribution in [3.8, 4) is 11.4 Å². The van der Waals surface area contributed by atoms with Crippen molar-refractivity contribution >= 4 is 22.9 Å². The van der Waals surface area contributed by atoms with Crippen LogP contribution in [0.15, 0.2) is 30.3 Å². The Balaban J connectivity index is 1.84. The van der Waals surface area contributed by atoms with Gasteiger partial charge in [-0.1, -0.05) is 30.3 Å². The third-order valence-electron chi connectivity index (χ3n) is 4.34. The van der Waals surface area contributed by atoms with E-state index in [-0.39, 0.29) is 6.03 Å². The first kappa shape index (κ1) is 17.7. The van der Waals surface area contributed by atoms with Crippen molar-refractivity contribution in [2.24, 2.45) is 0 Å². The van der Waals surface area contributed by atoms with E-state index < -0.39 is 0 Å². The van der Waals surface area contributed by atoms with Crippen LogP contribution in [-0.4, -0.2) is 41.1 Å². The maximum absolute atomic E-state index is 11.2.